The van der Waals surface area contributed by atoms with Crippen LogP contribution in [0.2, 0.25) is 0 Å². The minimum absolute atomic E-state index is 0.0858. The second-order valence-corrected chi connectivity index (χ2v) is 3.23. The fourth-order valence-corrected chi connectivity index (χ4v) is 1.42. The zero-order valence-electron chi connectivity index (χ0n) is 9.05. The standard InChI is InChI=1S/C11H8F3NO2/c1-6(16)7-3-4-9(11(12,13)14)10(17-2)8(7)5-15/h3-4H,1-2H3. The maximum absolute atomic E-state index is 12.6. The molecule has 0 amide bonds. The number of alkyl halides is 3. The first-order valence-electron chi connectivity index (χ1n) is 4.52. The van der Waals surface area contributed by atoms with Crippen LogP contribution in [0.25, 0.3) is 0 Å². The SMILES string of the molecule is COc1c(C(F)(F)F)ccc(C(C)=O)c1C#N. The number of methoxy groups -OCH3 is 1. The van der Waals surface area contributed by atoms with Crippen LogP contribution in [0.3, 0.4) is 0 Å². The van der Waals surface area contributed by atoms with Crippen molar-refractivity contribution in [2.24, 2.45) is 0 Å². The van der Waals surface area contributed by atoms with E-state index in [4.69, 9.17) is 5.26 Å². The van der Waals surface area contributed by atoms with Gasteiger partial charge < -0.3 is 4.74 Å². The number of hydrogen-bond acceptors (Lipinski definition) is 3. The Morgan fingerprint density at radius 3 is 2.35 bits per heavy atom. The zero-order valence-corrected chi connectivity index (χ0v) is 9.05. The molecule has 0 aliphatic rings. The third kappa shape index (κ3) is 2.38. The van der Waals surface area contributed by atoms with Crippen molar-refractivity contribution in [3.05, 3.63) is 28.8 Å². The topological polar surface area (TPSA) is 50.1 Å². The van der Waals surface area contributed by atoms with Crippen molar-refractivity contribution >= 4 is 5.78 Å². The molecule has 0 saturated carbocycles. The van der Waals surface area contributed by atoms with Crippen molar-refractivity contribution in [1.29, 1.82) is 5.26 Å². The van der Waals surface area contributed by atoms with Crippen LogP contribution in [-0.2, 0) is 6.18 Å². The van der Waals surface area contributed by atoms with Crippen molar-refractivity contribution in [2.45, 2.75) is 13.1 Å². The highest BCUT2D eigenvalue weighted by Crippen LogP contribution is 2.39. The largest absolute Gasteiger partial charge is 0.495 e. The van der Waals surface area contributed by atoms with Crippen LogP contribution < -0.4 is 4.74 Å². The lowest BCUT2D eigenvalue weighted by molar-refractivity contribution is -0.138. The Bertz CT molecular complexity index is 501. The van der Waals surface area contributed by atoms with E-state index in [1.807, 2.05) is 0 Å². The lowest BCUT2D eigenvalue weighted by atomic mass is 10.00. The Hall–Kier alpha value is -2.03. The molecule has 0 spiro atoms. The van der Waals surface area contributed by atoms with Gasteiger partial charge in [0.25, 0.3) is 0 Å². The van der Waals surface area contributed by atoms with Crippen molar-refractivity contribution in [2.75, 3.05) is 7.11 Å². The molecule has 17 heavy (non-hydrogen) atoms. The van der Waals surface area contributed by atoms with E-state index >= 15 is 0 Å². The van der Waals surface area contributed by atoms with Crippen molar-refractivity contribution in [1.82, 2.24) is 0 Å². The summed E-state index contributed by atoms with van der Waals surface area (Å²) < 4.78 is 42.4. The molecule has 0 atom stereocenters. The first-order chi connectivity index (χ1) is 7.82. The Morgan fingerprint density at radius 1 is 1.41 bits per heavy atom. The Kier molecular flexibility index (Phi) is 3.42. The minimum atomic E-state index is -4.63. The summed E-state index contributed by atoms with van der Waals surface area (Å²) in [6, 6.07) is 3.27. The number of ketones is 1. The molecule has 0 aromatic heterocycles. The molecule has 0 unspecified atom stereocenters. The minimum Gasteiger partial charge on any atom is -0.495 e. The number of carbonyl (C=O) groups is 1. The molecular weight excluding hydrogens is 235 g/mol. The molecule has 0 heterocycles. The normalized spacial score (nSPS) is 10.8. The van der Waals surface area contributed by atoms with Gasteiger partial charge in [-0.1, -0.05) is 0 Å². The summed E-state index contributed by atoms with van der Waals surface area (Å²) in [5, 5.41) is 8.82. The summed E-state index contributed by atoms with van der Waals surface area (Å²) in [6.45, 7) is 1.17. The van der Waals surface area contributed by atoms with Crippen LogP contribution in [0.4, 0.5) is 13.2 Å². The van der Waals surface area contributed by atoms with Gasteiger partial charge in [-0.2, -0.15) is 18.4 Å². The summed E-state index contributed by atoms with van der Waals surface area (Å²) in [5.41, 5.74) is -1.55. The number of carbonyl (C=O) groups excluding carboxylic acids is 1. The number of nitrogens with zero attached hydrogens (tertiary/aromatic N) is 1. The molecule has 0 saturated heterocycles. The van der Waals surface area contributed by atoms with Crippen molar-refractivity contribution in [3.8, 4) is 11.8 Å². The van der Waals surface area contributed by atoms with Crippen molar-refractivity contribution < 1.29 is 22.7 Å². The van der Waals surface area contributed by atoms with E-state index in [2.05, 4.69) is 4.74 Å². The maximum Gasteiger partial charge on any atom is 0.420 e. The highest BCUT2D eigenvalue weighted by molar-refractivity contribution is 5.97. The van der Waals surface area contributed by atoms with Gasteiger partial charge in [0.15, 0.2) is 5.78 Å². The lowest BCUT2D eigenvalue weighted by Gasteiger charge is -2.14. The van der Waals surface area contributed by atoms with E-state index < -0.39 is 28.8 Å². The number of Topliss-reactive ketones (excluding diaryl/α,β-unsaturated/α-hetero) is 1. The molecule has 1 rings (SSSR count). The summed E-state index contributed by atoms with van der Waals surface area (Å²) in [6.07, 6.45) is -4.63. The molecule has 1 aromatic rings. The van der Waals surface area contributed by atoms with Gasteiger partial charge in [0.05, 0.1) is 12.7 Å². The smallest absolute Gasteiger partial charge is 0.420 e. The molecule has 0 radical (unpaired) electrons. The summed E-state index contributed by atoms with van der Waals surface area (Å²) in [4.78, 5) is 11.2. The van der Waals surface area contributed by atoms with Gasteiger partial charge in [-0.25, -0.2) is 0 Å². The van der Waals surface area contributed by atoms with Gasteiger partial charge in [0.1, 0.15) is 17.4 Å². The van der Waals surface area contributed by atoms with Crippen LogP contribution >= 0.6 is 0 Å². The summed E-state index contributed by atoms with van der Waals surface area (Å²) >= 11 is 0. The number of hydrogen-bond donors (Lipinski definition) is 0. The van der Waals surface area contributed by atoms with Crippen LogP contribution in [0.1, 0.15) is 28.4 Å². The maximum atomic E-state index is 12.6. The lowest BCUT2D eigenvalue weighted by Crippen LogP contribution is -2.11. The predicted octanol–water partition coefficient (Wildman–Crippen LogP) is 2.79. The number of rotatable bonds is 2. The molecule has 1 aromatic carbocycles. The van der Waals surface area contributed by atoms with Gasteiger partial charge >= 0.3 is 6.18 Å². The molecule has 0 fully saturated rings. The number of nitriles is 1. The molecule has 3 nitrogen and oxygen atoms in total. The monoisotopic (exact) mass is 243 g/mol. The van der Waals surface area contributed by atoms with E-state index in [1.165, 1.54) is 6.92 Å². The van der Waals surface area contributed by atoms with E-state index in [-0.39, 0.29) is 5.56 Å². The third-order valence-electron chi connectivity index (χ3n) is 2.16. The first-order valence-corrected chi connectivity index (χ1v) is 4.52. The van der Waals surface area contributed by atoms with Crippen LogP contribution in [-0.4, -0.2) is 12.9 Å². The van der Waals surface area contributed by atoms with E-state index in [0.29, 0.717) is 0 Å². The summed E-state index contributed by atoms with van der Waals surface area (Å²) in [7, 11) is 1.02. The van der Waals surface area contributed by atoms with Crippen LogP contribution in [0, 0.1) is 11.3 Å². The van der Waals surface area contributed by atoms with E-state index in [9.17, 15) is 18.0 Å². The van der Waals surface area contributed by atoms with Crippen molar-refractivity contribution in [3.63, 3.8) is 0 Å². The average molecular weight is 243 g/mol. The first kappa shape index (κ1) is 13.0. The van der Waals surface area contributed by atoms with E-state index in [1.54, 1.807) is 6.07 Å². The molecule has 0 aliphatic heterocycles. The van der Waals surface area contributed by atoms with Gasteiger partial charge in [0, 0.05) is 5.56 Å². The van der Waals surface area contributed by atoms with Crippen LogP contribution in [0.5, 0.6) is 5.75 Å². The van der Waals surface area contributed by atoms with Gasteiger partial charge in [-0.05, 0) is 19.1 Å². The zero-order chi connectivity index (χ0) is 13.2. The Labute approximate surface area is 95.4 Å². The highest BCUT2D eigenvalue weighted by atomic mass is 19.4. The number of benzene rings is 1. The van der Waals surface area contributed by atoms with Gasteiger partial charge in [-0.15, -0.1) is 0 Å². The van der Waals surface area contributed by atoms with Gasteiger partial charge in [-0.3, -0.25) is 4.79 Å². The molecular formula is C11H8F3NO2. The molecule has 6 heteroatoms. The Morgan fingerprint density at radius 2 is 2.00 bits per heavy atom. The third-order valence-corrected chi connectivity index (χ3v) is 2.16. The Balaban J connectivity index is 3.62. The predicted molar refractivity (Wildman–Crippen MR) is 52.7 cm³/mol. The second kappa shape index (κ2) is 4.45. The molecule has 0 bridgehead atoms. The average Bonchev–Trinajstić information content (AvgIpc) is 2.25. The number of halogens is 3. The fraction of sp³-hybridized carbons (Fsp3) is 0.273. The molecule has 90 valence electrons. The van der Waals surface area contributed by atoms with E-state index in [0.717, 1.165) is 19.2 Å². The molecule has 0 N–H and O–H groups in total. The van der Waals surface area contributed by atoms with Gasteiger partial charge in [0.2, 0.25) is 0 Å². The quantitative estimate of drug-likeness (QED) is 0.750. The summed E-state index contributed by atoms with van der Waals surface area (Å²) in [5.74, 6) is -1.11. The molecule has 0 aliphatic carbocycles. The highest BCUT2D eigenvalue weighted by Gasteiger charge is 2.36. The second-order valence-electron chi connectivity index (χ2n) is 3.23. The van der Waals surface area contributed by atoms with Crippen LogP contribution in [0.15, 0.2) is 12.1 Å². The fourth-order valence-electron chi connectivity index (χ4n) is 1.42. The number of ether oxygens (including phenoxy) is 1.